The SMILES string of the molecule is O=C(c1c(F)cccc1F)C1CC1c1ccccc1. The lowest BCUT2D eigenvalue weighted by Gasteiger charge is -2.04. The first kappa shape index (κ1) is 12.0. The summed E-state index contributed by atoms with van der Waals surface area (Å²) in [6.45, 7) is 0. The Kier molecular flexibility index (Phi) is 2.90. The Labute approximate surface area is 109 Å². The second-order valence-corrected chi connectivity index (χ2v) is 4.82. The van der Waals surface area contributed by atoms with Crippen LogP contribution >= 0.6 is 0 Å². The van der Waals surface area contributed by atoms with Gasteiger partial charge in [0.2, 0.25) is 0 Å². The molecule has 0 heterocycles. The van der Waals surface area contributed by atoms with Crippen LogP contribution in [-0.2, 0) is 0 Å². The molecule has 0 radical (unpaired) electrons. The summed E-state index contributed by atoms with van der Waals surface area (Å²) in [5.74, 6) is -2.18. The first-order chi connectivity index (χ1) is 9.18. The van der Waals surface area contributed by atoms with E-state index in [1.165, 1.54) is 6.07 Å². The summed E-state index contributed by atoms with van der Waals surface area (Å²) in [6, 6.07) is 13.1. The Hall–Kier alpha value is -2.03. The molecule has 1 aliphatic carbocycles. The molecule has 96 valence electrons. The average Bonchev–Trinajstić information content (AvgIpc) is 3.19. The van der Waals surface area contributed by atoms with Crippen LogP contribution in [-0.4, -0.2) is 5.78 Å². The second-order valence-electron chi connectivity index (χ2n) is 4.82. The normalized spacial score (nSPS) is 21.2. The highest BCUT2D eigenvalue weighted by Crippen LogP contribution is 2.49. The van der Waals surface area contributed by atoms with Crippen LogP contribution in [0, 0.1) is 17.6 Å². The number of hydrogen-bond acceptors (Lipinski definition) is 1. The molecule has 3 heteroatoms. The van der Waals surface area contributed by atoms with Crippen LogP contribution in [0.4, 0.5) is 8.78 Å². The Morgan fingerprint density at radius 3 is 2.21 bits per heavy atom. The summed E-state index contributed by atoms with van der Waals surface area (Å²) in [6.07, 6.45) is 0.663. The third-order valence-electron chi connectivity index (χ3n) is 3.56. The molecule has 0 amide bonds. The number of halogens is 2. The third kappa shape index (κ3) is 2.16. The standard InChI is InChI=1S/C16H12F2O/c17-13-7-4-8-14(18)15(13)16(19)12-9-11(12)10-5-2-1-3-6-10/h1-8,11-12H,9H2. The highest BCUT2D eigenvalue weighted by Gasteiger charge is 2.45. The van der Waals surface area contributed by atoms with Gasteiger partial charge < -0.3 is 0 Å². The molecule has 1 nitrogen and oxygen atoms in total. The number of hydrogen-bond donors (Lipinski definition) is 0. The van der Waals surface area contributed by atoms with E-state index in [0.717, 1.165) is 17.7 Å². The number of rotatable bonds is 3. The van der Waals surface area contributed by atoms with Crippen molar-refractivity contribution in [3.63, 3.8) is 0 Å². The lowest BCUT2D eigenvalue weighted by atomic mass is 10.0. The van der Waals surface area contributed by atoms with Crippen LogP contribution in [0.25, 0.3) is 0 Å². The van der Waals surface area contributed by atoms with Crippen molar-refractivity contribution in [3.05, 3.63) is 71.3 Å². The summed E-state index contributed by atoms with van der Waals surface area (Å²) in [4.78, 5) is 12.2. The van der Waals surface area contributed by atoms with Crippen molar-refractivity contribution in [2.75, 3.05) is 0 Å². The molecular formula is C16H12F2O. The van der Waals surface area contributed by atoms with E-state index >= 15 is 0 Å². The minimum absolute atomic E-state index is 0.0905. The third-order valence-corrected chi connectivity index (χ3v) is 3.56. The van der Waals surface area contributed by atoms with Gasteiger partial charge in [-0.2, -0.15) is 0 Å². The maximum atomic E-state index is 13.6. The molecule has 1 saturated carbocycles. The molecule has 1 aliphatic rings. The van der Waals surface area contributed by atoms with Gasteiger partial charge in [0.05, 0.1) is 5.56 Å². The smallest absolute Gasteiger partial charge is 0.172 e. The zero-order chi connectivity index (χ0) is 13.4. The van der Waals surface area contributed by atoms with Crippen LogP contribution in [0.5, 0.6) is 0 Å². The van der Waals surface area contributed by atoms with Gasteiger partial charge >= 0.3 is 0 Å². The van der Waals surface area contributed by atoms with Gasteiger partial charge in [-0.15, -0.1) is 0 Å². The maximum absolute atomic E-state index is 13.6. The molecule has 0 spiro atoms. The van der Waals surface area contributed by atoms with Gasteiger partial charge in [0.25, 0.3) is 0 Å². The molecule has 0 aromatic heterocycles. The number of benzene rings is 2. The van der Waals surface area contributed by atoms with Gasteiger partial charge in [-0.3, -0.25) is 4.79 Å². The van der Waals surface area contributed by atoms with Crippen LogP contribution in [0.15, 0.2) is 48.5 Å². The van der Waals surface area contributed by atoms with Crippen molar-refractivity contribution in [2.45, 2.75) is 12.3 Å². The van der Waals surface area contributed by atoms with Gasteiger partial charge in [0, 0.05) is 5.92 Å². The van der Waals surface area contributed by atoms with E-state index in [9.17, 15) is 13.6 Å². The molecule has 0 N–H and O–H groups in total. The quantitative estimate of drug-likeness (QED) is 0.762. The van der Waals surface area contributed by atoms with Crippen molar-refractivity contribution in [2.24, 2.45) is 5.92 Å². The van der Waals surface area contributed by atoms with Gasteiger partial charge in [-0.25, -0.2) is 8.78 Å². The predicted octanol–water partition coefficient (Wildman–Crippen LogP) is 3.95. The Bertz CT molecular complexity index is 602. The lowest BCUT2D eigenvalue weighted by molar-refractivity contribution is 0.0957. The van der Waals surface area contributed by atoms with Crippen LogP contribution < -0.4 is 0 Å². The fourth-order valence-electron chi connectivity index (χ4n) is 2.47. The predicted molar refractivity (Wildman–Crippen MR) is 68.0 cm³/mol. The van der Waals surface area contributed by atoms with Crippen molar-refractivity contribution >= 4 is 5.78 Å². The van der Waals surface area contributed by atoms with Crippen LogP contribution in [0.3, 0.4) is 0 Å². The second kappa shape index (κ2) is 4.57. The molecule has 1 fully saturated rings. The maximum Gasteiger partial charge on any atom is 0.172 e. The topological polar surface area (TPSA) is 17.1 Å². The van der Waals surface area contributed by atoms with Crippen molar-refractivity contribution in [3.8, 4) is 0 Å². The Balaban J connectivity index is 1.84. The number of Topliss-reactive ketones (excluding diaryl/α,β-unsaturated/α-hetero) is 1. The fourth-order valence-corrected chi connectivity index (χ4v) is 2.47. The highest BCUT2D eigenvalue weighted by molar-refractivity contribution is 6.00. The van der Waals surface area contributed by atoms with Gasteiger partial charge in [0.1, 0.15) is 11.6 Å². The van der Waals surface area contributed by atoms with E-state index in [-0.39, 0.29) is 11.8 Å². The van der Waals surface area contributed by atoms with E-state index in [4.69, 9.17) is 0 Å². The Morgan fingerprint density at radius 1 is 0.947 bits per heavy atom. The molecule has 2 aromatic rings. The van der Waals surface area contributed by atoms with Crippen molar-refractivity contribution in [1.29, 1.82) is 0 Å². The molecule has 2 atom stereocenters. The van der Waals surface area contributed by atoms with Gasteiger partial charge in [-0.05, 0) is 30.0 Å². The van der Waals surface area contributed by atoms with E-state index in [1.807, 2.05) is 30.3 Å². The Morgan fingerprint density at radius 2 is 1.58 bits per heavy atom. The molecule has 3 rings (SSSR count). The zero-order valence-corrected chi connectivity index (χ0v) is 10.1. The number of carbonyl (C=O) groups is 1. The summed E-state index contributed by atoms with van der Waals surface area (Å²) >= 11 is 0. The molecule has 2 aromatic carbocycles. The van der Waals surface area contributed by atoms with Crippen LogP contribution in [0.2, 0.25) is 0 Å². The van der Waals surface area contributed by atoms with Crippen molar-refractivity contribution in [1.82, 2.24) is 0 Å². The first-order valence-electron chi connectivity index (χ1n) is 6.21. The van der Waals surface area contributed by atoms with E-state index < -0.39 is 23.0 Å². The summed E-state index contributed by atoms with van der Waals surface area (Å²) in [5.41, 5.74) is 0.656. The zero-order valence-electron chi connectivity index (χ0n) is 10.1. The molecule has 0 saturated heterocycles. The average molecular weight is 258 g/mol. The summed E-state index contributed by atoms with van der Waals surface area (Å²) < 4.78 is 27.1. The highest BCUT2D eigenvalue weighted by atomic mass is 19.1. The van der Waals surface area contributed by atoms with Crippen molar-refractivity contribution < 1.29 is 13.6 Å². The molecule has 0 aliphatic heterocycles. The van der Waals surface area contributed by atoms with Gasteiger partial charge in [0.15, 0.2) is 5.78 Å². The minimum Gasteiger partial charge on any atom is -0.294 e. The molecule has 19 heavy (non-hydrogen) atoms. The first-order valence-corrected chi connectivity index (χ1v) is 6.21. The molecule has 0 bridgehead atoms. The van der Waals surface area contributed by atoms with E-state index in [0.29, 0.717) is 6.42 Å². The van der Waals surface area contributed by atoms with E-state index in [2.05, 4.69) is 0 Å². The van der Waals surface area contributed by atoms with Gasteiger partial charge in [-0.1, -0.05) is 36.4 Å². The summed E-state index contributed by atoms with van der Waals surface area (Å²) in [7, 11) is 0. The fraction of sp³-hybridized carbons (Fsp3) is 0.188. The van der Waals surface area contributed by atoms with E-state index in [1.54, 1.807) is 0 Å². The van der Waals surface area contributed by atoms with Crippen LogP contribution in [0.1, 0.15) is 28.3 Å². The minimum atomic E-state index is -0.774. The molecular weight excluding hydrogens is 246 g/mol. The lowest BCUT2D eigenvalue weighted by Crippen LogP contribution is -2.09. The largest absolute Gasteiger partial charge is 0.294 e. The summed E-state index contributed by atoms with van der Waals surface area (Å²) in [5, 5.41) is 0. The molecule has 2 unspecified atom stereocenters. The number of ketones is 1. The number of carbonyl (C=O) groups excluding carboxylic acids is 1. The monoisotopic (exact) mass is 258 g/mol.